The van der Waals surface area contributed by atoms with E-state index in [1.807, 2.05) is 13.0 Å². The van der Waals surface area contributed by atoms with Crippen molar-refractivity contribution < 1.29 is 19.5 Å². The molecule has 0 saturated heterocycles. The first-order valence-electron chi connectivity index (χ1n) is 7.28. The number of rotatable bonds is 6. The van der Waals surface area contributed by atoms with Gasteiger partial charge in [0.2, 0.25) is 0 Å². The highest BCUT2D eigenvalue weighted by Gasteiger charge is 2.20. The van der Waals surface area contributed by atoms with Gasteiger partial charge in [0.1, 0.15) is 11.7 Å². The van der Waals surface area contributed by atoms with E-state index in [0.29, 0.717) is 5.56 Å². The number of carbonyl (C=O) groups is 3. The highest BCUT2D eigenvalue weighted by Crippen LogP contribution is 2.17. The summed E-state index contributed by atoms with van der Waals surface area (Å²) in [6, 6.07) is 6.12. The van der Waals surface area contributed by atoms with Crippen molar-refractivity contribution in [1.29, 1.82) is 0 Å². The molecule has 1 aromatic carbocycles. The zero-order valence-corrected chi connectivity index (χ0v) is 14.0. The molecule has 8 heteroatoms. The lowest BCUT2D eigenvalue weighted by atomic mass is 10.1. The van der Waals surface area contributed by atoms with Gasteiger partial charge < -0.3 is 10.4 Å². The van der Waals surface area contributed by atoms with Crippen molar-refractivity contribution in [3.63, 3.8) is 0 Å². The van der Waals surface area contributed by atoms with E-state index < -0.39 is 17.9 Å². The average Bonchev–Trinajstić information content (AvgIpc) is 3.00. The molecular weight excluding hydrogens is 330 g/mol. The van der Waals surface area contributed by atoms with Gasteiger partial charge in [-0.1, -0.05) is 24.6 Å². The number of carboxylic acid groups (broad SMARTS) is 1. The van der Waals surface area contributed by atoms with Gasteiger partial charge in [-0.25, -0.2) is 9.78 Å². The third kappa shape index (κ3) is 4.39. The van der Waals surface area contributed by atoms with Crippen LogP contribution >= 0.6 is 11.3 Å². The predicted octanol–water partition coefficient (Wildman–Crippen LogP) is 2.30. The molecule has 0 spiro atoms. The van der Waals surface area contributed by atoms with Crippen LogP contribution in [0.25, 0.3) is 0 Å². The smallest absolute Gasteiger partial charge is 0.326 e. The fraction of sp³-hybridized carbons (Fsp3) is 0.250. The Morgan fingerprint density at radius 3 is 2.67 bits per heavy atom. The second-order valence-electron chi connectivity index (χ2n) is 5.13. The summed E-state index contributed by atoms with van der Waals surface area (Å²) in [6.07, 6.45) is 0.266. The summed E-state index contributed by atoms with van der Waals surface area (Å²) in [6.45, 7) is 3.54. The second kappa shape index (κ2) is 7.69. The first-order chi connectivity index (χ1) is 11.4. The maximum absolute atomic E-state index is 12.1. The van der Waals surface area contributed by atoms with Gasteiger partial charge in [0.25, 0.3) is 11.8 Å². The van der Waals surface area contributed by atoms with E-state index in [-0.39, 0.29) is 23.2 Å². The molecule has 2 aromatic rings. The molecule has 0 radical (unpaired) electrons. The topological polar surface area (TPSA) is 108 Å². The van der Waals surface area contributed by atoms with Crippen molar-refractivity contribution in [2.75, 3.05) is 5.32 Å². The van der Waals surface area contributed by atoms with Gasteiger partial charge in [-0.3, -0.25) is 14.9 Å². The maximum Gasteiger partial charge on any atom is 0.326 e. The number of amides is 2. The molecule has 2 rings (SSSR count). The molecule has 7 nitrogen and oxygen atoms in total. The maximum atomic E-state index is 12.1. The van der Waals surface area contributed by atoms with Gasteiger partial charge in [-0.15, -0.1) is 11.3 Å². The molecule has 2 amide bonds. The quantitative estimate of drug-likeness (QED) is 0.743. The summed E-state index contributed by atoms with van der Waals surface area (Å²) in [7, 11) is 0. The molecule has 3 N–H and O–H groups in total. The first-order valence-corrected chi connectivity index (χ1v) is 8.16. The number of hydrogen-bond acceptors (Lipinski definition) is 5. The SMILES string of the molecule is CCC(NC(=O)c1csc(NC(=O)c2cccc(C)c2)n1)C(=O)O. The first kappa shape index (κ1) is 17.6. The van der Waals surface area contributed by atoms with Crippen molar-refractivity contribution in [1.82, 2.24) is 10.3 Å². The minimum atomic E-state index is -1.10. The highest BCUT2D eigenvalue weighted by molar-refractivity contribution is 7.14. The number of aryl methyl sites for hydroxylation is 1. The molecule has 0 aliphatic rings. The fourth-order valence-corrected chi connectivity index (χ4v) is 2.65. The van der Waals surface area contributed by atoms with Crippen LogP contribution in [-0.2, 0) is 4.79 Å². The van der Waals surface area contributed by atoms with E-state index in [2.05, 4.69) is 15.6 Å². The number of carbonyl (C=O) groups excluding carboxylic acids is 2. The summed E-state index contributed by atoms with van der Waals surface area (Å²) in [4.78, 5) is 39.1. The Labute approximate surface area is 142 Å². The number of anilines is 1. The molecule has 126 valence electrons. The van der Waals surface area contributed by atoms with E-state index in [1.165, 1.54) is 5.38 Å². The van der Waals surface area contributed by atoms with Crippen LogP contribution in [-0.4, -0.2) is 33.9 Å². The van der Waals surface area contributed by atoms with Gasteiger partial charge >= 0.3 is 5.97 Å². The van der Waals surface area contributed by atoms with Crippen LogP contribution in [0.4, 0.5) is 5.13 Å². The Hall–Kier alpha value is -2.74. The van der Waals surface area contributed by atoms with Crippen LogP contribution in [0.5, 0.6) is 0 Å². The van der Waals surface area contributed by atoms with E-state index in [1.54, 1.807) is 25.1 Å². The Balaban J connectivity index is 2.04. The van der Waals surface area contributed by atoms with Crippen LogP contribution < -0.4 is 10.6 Å². The van der Waals surface area contributed by atoms with Crippen LogP contribution in [0, 0.1) is 6.92 Å². The number of nitrogens with zero attached hydrogens (tertiary/aromatic N) is 1. The van der Waals surface area contributed by atoms with Crippen molar-refractivity contribution in [2.24, 2.45) is 0 Å². The lowest BCUT2D eigenvalue weighted by Crippen LogP contribution is -2.40. The van der Waals surface area contributed by atoms with Gasteiger partial charge in [-0.2, -0.15) is 0 Å². The predicted molar refractivity (Wildman–Crippen MR) is 90.4 cm³/mol. The summed E-state index contributed by atoms with van der Waals surface area (Å²) in [5, 5.41) is 15.7. The molecule has 1 unspecified atom stereocenters. The van der Waals surface area contributed by atoms with Crippen molar-refractivity contribution >= 4 is 34.3 Å². The molecule has 24 heavy (non-hydrogen) atoms. The molecule has 0 fully saturated rings. The number of benzene rings is 1. The lowest BCUT2D eigenvalue weighted by Gasteiger charge is -2.10. The van der Waals surface area contributed by atoms with Gasteiger partial charge in [-0.05, 0) is 25.5 Å². The van der Waals surface area contributed by atoms with E-state index in [4.69, 9.17) is 5.11 Å². The number of hydrogen-bond donors (Lipinski definition) is 3. The van der Waals surface area contributed by atoms with Gasteiger partial charge in [0.05, 0.1) is 0 Å². The fourth-order valence-electron chi connectivity index (χ4n) is 1.96. The third-order valence-electron chi connectivity index (χ3n) is 3.25. The number of aromatic nitrogens is 1. The second-order valence-corrected chi connectivity index (χ2v) is 5.99. The van der Waals surface area contributed by atoms with E-state index in [0.717, 1.165) is 16.9 Å². The molecule has 0 bridgehead atoms. The third-order valence-corrected chi connectivity index (χ3v) is 4.01. The van der Waals surface area contributed by atoms with Crippen molar-refractivity contribution in [3.8, 4) is 0 Å². The highest BCUT2D eigenvalue weighted by atomic mass is 32.1. The Bertz CT molecular complexity index is 772. The Kier molecular flexibility index (Phi) is 5.64. The van der Waals surface area contributed by atoms with Gasteiger partial charge in [0.15, 0.2) is 5.13 Å². The number of nitrogens with one attached hydrogen (secondary N) is 2. The minimum absolute atomic E-state index is 0.0687. The van der Waals surface area contributed by atoms with E-state index in [9.17, 15) is 14.4 Å². The number of aliphatic carboxylic acids is 1. The number of carboxylic acids is 1. The van der Waals surface area contributed by atoms with Crippen LogP contribution in [0.3, 0.4) is 0 Å². The van der Waals surface area contributed by atoms with Crippen LogP contribution in [0.15, 0.2) is 29.6 Å². The summed E-state index contributed by atoms with van der Waals surface area (Å²) >= 11 is 1.10. The van der Waals surface area contributed by atoms with Crippen LogP contribution in [0.1, 0.15) is 39.8 Å². The average molecular weight is 347 g/mol. The van der Waals surface area contributed by atoms with Crippen molar-refractivity contribution in [3.05, 3.63) is 46.5 Å². The molecule has 0 aliphatic carbocycles. The Morgan fingerprint density at radius 2 is 2.04 bits per heavy atom. The molecule has 0 saturated carbocycles. The molecule has 0 aliphatic heterocycles. The van der Waals surface area contributed by atoms with Crippen LogP contribution in [0.2, 0.25) is 0 Å². The number of thiazole rings is 1. The largest absolute Gasteiger partial charge is 0.480 e. The van der Waals surface area contributed by atoms with Gasteiger partial charge in [0, 0.05) is 10.9 Å². The normalized spacial score (nSPS) is 11.6. The lowest BCUT2D eigenvalue weighted by molar-refractivity contribution is -0.139. The van der Waals surface area contributed by atoms with Crippen molar-refractivity contribution in [2.45, 2.75) is 26.3 Å². The standard InChI is InChI=1S/C16H17N3O4S/c1-3-11(15(22)23)17-14(21)12-8-24-16(18-12)19-13(20)10-6-4-5-9(2)7-10/h4-8,11H,3H2,1-2H3,(H,17,21)(H,22,23)(H,18,19,20). The Morgan fingerprint density at radius 1 is 1.29 bits per heavy atom. The summed E-state index contributed by atoms with van der Waals surface area (Å²) in [5.41, 5.74) is 1.52. The summed E-state index contributed by atoms with van der Waals surface area (Å²) in [5.74, 6) is -2.01. The minimum Gasteiger partial charge on any atom is -0.480 e. The molecule has 1 atom stereocenters. The summed E-state index contributed by atoms with van der Waals surface area (Å²) < 4.78 is 0. The zero-order valence-electron chi connectivity index (χ0n) is 13.2. The molecule has 1 heterocycles. The monoisotopic (exact) mass is 347 g/mol. The molecular formula is C16H17N3O4S. The zero-order chi connectivity index (χ0) is 17.7. The van der Waals surface area contributed by atoms with E-state index >= 15 is 0 Å². The molecule has 1 aromatic heterocycles.